The van der Waals surface area contributed by atoms with E-state index < -0.39 is 34.4 Å². The smallest absolute Gasteiger partial charge is 0.264 e. The van der Waals surface area contributed by atoms with Crippen LogP contribution in [0.1, 0.15) is 23.6 Å². The van der Waals surface area contributed by atoms with Crippen LogP contribution in [0, 0.1) is 6.92 Å². The molecule has 0 unspecified atom stereocenters. The number of carbonyl (C=O) groups excluding carboxylic acids is 2. The number of aryl methyl sites for hydroxylation is 1. The Bertz CT molecular complexity index is 1770. The summed E-state index contributed by atoms with van der Waals surface area (Å²) in [6.45, 7) is 3.25. The Morgan fingerprint density at radius 3 is 2.17 bits per heavy atom. The lowest BCUT2D eigenvalue weighted by Gasteiger charge is -2.34. The highest BCUT2D eigenvalue weighted by atomic mass is 79.9. The van der Waals surface area contributed by atoms with Gasteiger partial charge in [-0.15, -0.1) is 0 Å². The Hall–Kier alpha value is -3.57. The number of nitrogens with zero attached hydrogens (tertiary/aromatic N) is 2. The van der Waals surface area contributed by atoms with E-state index in [1.54, 1.807) is 49.4 Å². The summed E-state index contributed by atoms with van der Waals surface area (Å²) in [5, 5.41) is 3.45. The number of likely N-dealkylation sites (N-methyl/N-ethyl adjacent to an activating group) is 1. The van der Waals surface area contributed by atoms with Crippen LogP contribution in [-0.4, -0.2) is 51.4 Å². The van der Waals surface area contributed by atoms with Gasteiger partial charge in [0.2, 0.25) is 11.8 Å². The Kier molecular flexibility index (Phi) is 12.1. The van der Waals surface area contributed by atoms with Crippen LogP contribution < -0.4 is 14.4 Å². The molecule has 2 amide bonds. The molecule has 0 spiro atoms. The Balaban J connectivity index is 1.84. The number of halogens is 3. The van der Waals surface area contributed by atoms with E-state index in [1.807, 2.05) is 37.3 Å². The number of carbonyl (C=O) groups is 2. The molecular formula is C34H34BrCl2N3O5S. The summed E-state index contributed by atoms with van der Waals surface area (Å²) in [4.78, 5) is 29.5. The normalized spacial score (nSPS) is 11.9. The fraction of sp³-hybridized carbons (Fsp3) is 0.235. The number of hydrogen-bond donors (Lipinski definition) is 1. The first-order valence-corrected chi connectivity index (χ1v) is 17.4. The van der Waals surface area contributed by atoms with Gasteiger partial charge in [-0.1, -0.05) is 77.3 Å². The molecule has 0 saturated carbocycles. The summed E-state index contributed by atoms with van der Waals surface area (Å²) in [6, 6.07) is 24.4. The second-order valence-corrected chi connectivity index (χ2v) is 14.0. The monoisotopic (exact) mass is 745 g/mol. The Labute approximate surface area is 288 Å². The minimum Gasteiger partial charge on any atom is -0.496 e. The lowest BCUT2D eigenvalue weighted by Crippen LogP contribution is -2.53. The van der Waals surface area contributed by atoms with Crippen molar-refractivity contribution in [2.75, 3.05) is 24.5 Å². The van der Waals surface area contributed by atoms with Crippen LogP contribution in [0.5, 0.6) is 5.75 Å². The summed E-state index contributed by atoms with van der Waals surface area (Å²) in [6.07, 6.45) is 0.170. The summed E-state index contributed by atoms with van der Waals surface area (Å²) in [5.41, 5.74) is 2.44. The van der Waals surface area contributed by atoms with Gasteiger partial charge in [0.05, 0.1) is 22.2 Å². The zero-order chi connectivity index (χ0) is 33.4. The van der Waals surface area contributed by atoms with Gasteiger partial charge in [0.25, 0.3) is 10.0 Å². The van der Waals surface area contributed by atoms with Crippen LogP contribution in [0.4, 0.5) is 5.69 Å². The second kappa shape index (κ2) is 15.8. The van der Waals surface area contributed by atoms with Gasteiger partial charge in [0.1, 0.15) is 18.3 Å². The van der Waals surface area contributed by atoms with Crippen LogP contribution >= 0.6 is 39.1 Å². The average Bonchev–Trinajstić information content (AvgIpc) is 3.03. The standard InChI is InChI=1S/C34H34BrCl2N3O5S/c1-4-38-34(42)31(19-24-9-6-5-7-10-24)39(21-27-29(36)11-8-12-30(27)37)33(41)22-40(25-15-13-23(2)14-16-25)46(43,44)26-17-18-32(45-3)28(35)20-26/h5-18,20,31H,4,19,21-22H2,1-3H3,(H,38,42)/t31-/m0/s1. The van der Waals surface area contributed by atoms with Crippen LogP contribution in [0.15, 0.2) is 100 Å². The Morgan fingerprint density at radius 2 is 1.59 bits per heavy atom. The number of sulfonamides is 1. The average molecular weight is 748 g/mol. The molecule has 0 fully saturated rings. The fourth-order valence-electron chi connectivity index (χ4n) is 4.87. The number of benzene rings is 4. The molecule has 0 aliphatic rings. The quantitative estimate of drug-likeness (QED) is 0.158. The molecule has 1 N–H and O–H groups in total. The zero-order valence-corrected chi connectivity index (χ0v) is 29.5. The maximum absolute atomic E-state index is 14.5. The van der Waals surface area contributed by atoms with Crippen molar-refractivity contribution in [3.8, 4) is 5.75 Å². The van der Waals surface area contributed by atoms with Gasteiger partial charge >= 0.3 is 0 Å². The van der Waals surface area contributed by atoms with Crippen molar-refractivity contribution in [2.45, 2.75) is 37.8 Å². The van der Waals surface area contributed by atoms with Crippen molar-refractivity contribution >= 4 is 66.7 Å². The van der Waals surface area contributed by atoms with Crippen LogP contribution in [0.2, 0.25) is 10.0 Å². The Morgan fingerprint density at radius 1 is 0.935 bits per heavy atom. The van der Waals surface area contributed by atoms with E-state index in [9.17, 15) is 18.0 Å². The number of ether oxygens (including phenoxy) is 1. The number of hydrogen-bond acceptors (Lipinski definition) is 5. The van der Waals surface area contributed by atoms with Crippen LogP contribution in [0.3, 0.4) is 0 Å². The largest absolute Gasteiger partial charge is 0.496 e. The van der Waals surface area contributed by atoms with Crippen molar-refractivity contribution in [3.05, 3.63) is 122 Å². The predicted molar refractivity (Wildman–Crippen MR) is 186 cm³/mol. The topological polar surface area (TPSA) is 96.0 Å². The molecule has 0 aliphatic carbocycles. The lowest BCUT2D eigenvalue weighted by molar-refractivity contribution is -0.140. The zero-order valence-electron chi connectivity index (χ0n) is 25.5. The molecule has 0 bridgehead atoms. The van der Waals surface area contributed by atoms with Gasteiger partial charge < -0.3 is 15.0 Å². The van der Waals surface area contributed by atoms with E-state index in [1.165, 1.54) is 30.2 Å². The van der Waals surface area contributed by atoms with Gasteiger partial charge in [-0.2, -0.15) is 0 Å². The molecule has 0 radical (unpaired) electrons. The summed E-state index contributed by atoms with van der Waals surface area (Å²) in [7, 11) is -2.82. The molecule has 4 rings (SSSR count). The van der Waals surface area contributed by atoms with Gasteiger partial charge in [0.15, 0.2) is 0 Å². The summed E-state index contributed by atoms with van der Waals surface area (Å²) < 4.78 is 35.3. The van der Waals surface area contributed by atoms with E-state index in [0.29, 0.717) is 32.4 Å². The maximum atomic E-state index is 14.5. The highest BCUT2D eigenvalue weighted by Gasteiger charge is 2.35. The minimum absolute atomic E-state index is 0.0567. The molecule has 1 atom stereocenters. The molecule has 4 aromatic rings. The molecule has 4 aromatic carbocycles. The van der Waals surface area contributed by atoms with Crippen molar-refractivity contribution < 1.29 is 22.7 Å². The number of amides is 2. The van der Waals surface area contributed by atoms with E-state index in [4.69, 9.17) is 27.9 Å². The molecule has 12 heteroatoms. The highest BCUT2D eigenvalue weighted by molar-refractivity contribution is 9.10. The molecule has 8 nitrogen and oxygen atoms in total. The first-order chi connectivity index (χ1) is 22.0. The van der Waals surface area contributed by atoms with Crippen molar-refractivity contribution in [1.82, 2.24) is 10.2 Å². The maximum Gasteiger partial charge on any atom is 0.264 e. The summed E-state index contributed by atoms with van der Waals surface area (Å²) in [5.74, 6) is -0.572. The second-order valence-electron chi connectivity index (χ2n) is 10.5. The van der Waals surface area contributed by atoms with Gasteiger partial charge in [-0.05, 0) is 77.8 Å². The van der Waals surface area contributed by atoms with Gasteiger partial charge in [-0.25, -0.2) is 8.42 Å². The molecule has 46 heavy (non-hydrogen) atoms. The molecule has 0 saturated heterocycles. The van der Waals surface area contributed by atoms with Crippen LogP contribution in [-0.2, 0) is 32.6 Å². The van der Waals surface area contributed by atoms with E-state index in [2.05, 4.69) is 21.2 Å². The number of methoxy groups -OCH3 is 1. The summed E-state index contributed by atoms with van der Waals surface area (Å²) >= 11 is 16.5. The van der Waals surface area contributed by atoms with E-state index >= 15 is 0 Å². The minimum atomic E-state index is -4.30. The van der Waals surface area contributed by atoms with Crippen molar-refractivity contribution in [2.24, 2.45) is 0 Å². The third kappa shape index (κ3) is 8.41. The third-order valence-corrected chi connectivity index (χ3v) is 10.4. The molecular weight excluding hydrogens is 713 g/mol. The van der Waals surface area contributed by atoms with E-state index in [0.717, 1.165) is 15.4 Å². The molecule has 242 valence electrons. The SMILES string of the molecule is CCNC(=O)[C@H](Cc1ccccc1)N(Cc1c(Cl)cccc1Cl)C(=O)CN(c1ccc(C)cc1)S(=O)(=O)c1ccc(OC)c(Br)c1. The van der Waals surface area contributed by atoms with E-state index in [-0.39, 0.29) is 23.5 Å². The van der Waals surface area contributed by atoms with Crippen molar-refractivity contribution in [3.63, 3.8) is 0 Å². The first kappa shape index (κ1) is 35.3. The first-order valence-electron chi connectivity index (χ1n) is 14.4. The third-order valence-electron chi connectivity index (χ3n) is 7.32. The van der Waals surface area contributed by atoms with Crippen LogP contribution in [0.25, 0.3) is 0 Å². The number of nitrogens with one attached hydrogen (secondary N) is 1. The fourth-order valence-corrected chi connectivity index (χ4v) is 7.52. The predicted octanol–water partition coefficient (Wildman–Crippen LogP) is 7.04. The molecule has 0 heterocycles. The number of rotatable bonds is 13. The molecule has 0 aromatic heterocycles. The molecule has 0 aliphatic heterocycles. The van der Waals surface area contributed by atoms with Gasteiger partial charge in [0, 0.05) is 35.1 Å². The number of anilines is 1. The lowest BCUT2D eigenvalue weighted by atomic mass is 10.0. The highest BCUT2D eigenvalue weighted by Crippen LogP contribution is 2.32. The van der Waals surface area contributed by atoms with Gasteiger partial charge in [-0.3, -0.25) is 13.9 Å². The van der Waals surface area contributed by atoms with Crippen molar-refractivity contribution in [1.29, 1.82) is 0 Å².